The molecule has 0 spiro atoms. The highest BCUT2D eigenvalue weighted by Crippen LogP contribution is 2.36. The van der Waals surface area contributed by atoms with Crippen LogP contribution in [0, 0.1) is 6.92 Å². The molecule has 2 heterocycles. The van der Waals surface area contributed by atoms with Gasteiger partial charge in [-0.1, -0.05) is 11.6 Å². The van der Waals surface area contributed by atoms with Crippen LogP contribution in [-0.2, 0) is 11.2 Å². The molecule has 28 heavy (non-hydrogen) atoms. The molecule has 0 aliphatic carbocycles. The number of halogens is 1. The van der Waals surface area contributed by atoms with E-state index >= 15 is 0 Å². The molecule has 2 aliphatic rings. The maximum atomic E-state index is 12.5. The number of hydrogen-bond acceptors (Lipinski definition) is 5. The number of hydrogen-bond donors (Lipinski definition) is 1. The smallest absolute Gasteiger partial charge is 0.195 e. The van der Waals surface area contributed by atoms with E-state index in [2.05, 4.69) is 5.32 Å². The standard InChI is InChI=1S/C22H22ClNO4/c1-14-9-17(3-4-19(14)23)28-13-16(25)11-20-18-12-22-21(26-7-2-8-27-22)10-15(18)5-6-24-20/h3-4,9-12,24H,2,5-8,13H2,1H3/b20-11-. The number of aryl methyl sites for hydroxylation is 1. The topological polar surface area (TPSA) is 56.8 Å². The molecule has 2 aromatic carbocycles. The normalized spacial score (nSPS) is 16.7. The Balaban J connectivity index is 1.51. The third kappa shape index (κ3) is 4.09. The summed E-state index contributed by atoms with van der Waals surface area (Å²) in [5, 5.41) is 3.99. The van der Waals surface area contributed by atoms with Crippen molar-refractivity contribution in [2.75, 3.05) is 26.4 Å². The minimum Gasteiger partial charge on any atom is -0.490 e. The van der Waals surface area contributed by atoms with Crippen molar-refractivity contribution >= 4 is 23.1 Å². The Morgan fingerprint density at radius 1 is 1.21 bits per heavy atom. The molecule has 1 N–H and O–H groups in total. The average Bonchev–Trinajstić information content (AvgIpc) is 2.92. The molecule has 146 valence electrons. The molecule has 5 nitrogen and oxygen atoms in total. The summed E-state index contributed by atoms with van der Waals surface area (Å²) in [5.74, 6) is 2.02. The first-order chi connectivity index (χ1) is 13.6. The molecule has 0 atom stereocenters. The Labute approximate surface area is 169 Å². The van der Waals surface area contributed by atoms with Gasteiger partial charge in [-0.25, -0.2) is 0 Å². The van der Waals surface area contributed by atoms with Crippen LogP contribution >= 0.6 is 11.6 Å². The molecule has 0 aromatic heterocycles. The van der Waals surface area contributed by atoms with Gasteiger partial charge in [0.2, 0.25) is 0 Å². The van der Waals surface area contributed by atoms with E-state index in [0.717, 1.165) is 53.3 Å². The molecular weight excluding hydrogens is 378 g/mol. The summed E-state index contributed by atoms with van der Waals surface area (Å²) < 4.78 is 17.2. The van der Waals surface area contributed by atoms with Crippen LogP contribution in [0.25, 0.3) is 5.70 Å². The summed E-state index contributed by atoms with van der Waals surface area (Å²) in [5.41, 5.74) is 3.83. The number of carbonyl (C=O) groups excluding carboxylic acids is 1. The Kier molecular flexibility index (Phi) is 5.44. The summed E-state index contributed by atoms with van der Waals surface area (Å²) in [7, 11) is 0. The predicted octanol–water partition coefficient (Wildman–Crippen LogP) is 3.94. The molecule has 0 fully saturated rings. The van der Waals surface area contributed by atoms with Crippen molar-refractivity contribution in [3.63, 3.8) is 0 Å². The number of nitrogens with one attached hydrogen (secondary N) is 1. The predicted molar refractivity (Wildman–Crippen MR) is 108 cm³/mol. The van der Waals surface area contributed by atoms with Gasteiger partial charge in [0.15, 0.2) is 23.9 Å². The minimum absolute atomic E-state index is 0.0356. The Hall–Kier alpha value is -2.66. The summed E-state index contributed by atoms with van der Waals surface area (Å²) >= 11 is 6.02. The van der Waals surface area contributed by atoms with E-state index in [1.807, 2.05) is 25.1 Å². The van der Waals surface area contributed by atoms with E-state index in [4.69, 9.17) is 25.8 Å². The molecule has 0 saturated heterocycles. The summed E-state index contributed by atoms with van der Waals surface area (Å²) in [6.07, 6.45) is 3.34. The quantitative estimate of drug-likeness (QED) is 0.789. The van der Waals surface area contributed by atoms with Gasteiger partial charge in [0.1, 0.15) is 5.75 Å². The lowest BCUT2D eigenvalue weighted by Crippen LogP contribution is -2.24. The van der Waals surface area contributed by atoms with Crippen molar-refractivity contribution < 1.29 is 19.0 Å². The molecule has 0 amide bonds. The van der Waals surface area contributed by atoms with Gasteiger partial charge in [-0.2, -0.15) is 0 Å². The van der Waals surface area contributed by atoms with Gasteiger partial charge in [-0.15, -0.1) is 0 Å². The van der Waals surface area contributed by atoms with Crippen LogP contribution in [0.3, 0.4) is 0 Å². The highest BCUT2D eigenvalue weighted by molar-refractivity contribution is 6.31. The second-order valence-corrected chi connectivity index (χ2v) is 7.31. The van der Waals surface area contributed by atoms with Gasteiger partial charge < -0.3 is 19.5 Å². The van der Waals surface area contributed by atoms with Crippen molar-refractivity contribution in [3.8, 4) is 17.2 Å². The first kappa shape index (κ1) is 18.7. The maximum absolute atomic E-state index is 12.5. The van der Waals surface area contributed by atoms with Gasteiger partial charge in [0, 0.05) is 35.3 Å². The van der Waals surface area contributed by atoms with Crippen LogP contribution in [-0.4, -0.2) is 32.1 Å². The molecule has 6 heteroatoms. The highest BCUT2D eigenvalue weighted by atomic mass is 35.5. The second-order valence-electron chi connectivity index (χ2n) is 6.91. The fourth-order valence-corrected chi connectivity index (χ4v) is 3.45. The van der Waals surface area contributed by atoms with Crippen LogP contribution in [0.5, 0.6) is 17.2 Å². The third-order valence-electron chi connectivity index (χ3n) is 4.79. The third-order valence-corrected chi connectivity index (χ3v) is 5.21. The second kappa shape index (κ2) is 8.15. The molecule has 2 aromatic rings. The van der Waals surface area contributed by atoms with Gasteiger partial charge in [-0.05, 0) is 54.8 Å². The first-order valence-corrected chi connectivity index (χ1v) is 9.78. The number of carbonyl (C=O) groups is 1. The Bertz CT molecular complexity index is 938. The molecule has 0 unspecified atom stereocenters. The number of ketones is 1. The molecule has 0 bridgehead atoms. The van der Waals surface area contributed by atoms with Crippen molar-refractivity contribution in [1.29, 1.82) is 0 Å². The van der Waals surface area contributed by atoms with E-state index < -0.39 is 0 Å². The Morgan fingerprint density at radius 3 is 2.79 bits per heavy atom. The van der Waals surface area contributed by atoms with E-state index in [-0.39, 0.29) is 12.4 Å². The number of fused-ring (bicyclic) bond motifs is 2. The summed E-state index contributed by atoms with van der Waals surface area (Å²) in [4.78, 5) is 12.5. The monoisotopic (exact) mass is 399 g/mol. The molecule has 2 aliphatic heterocycles. The maximum Gasteiger partial charge on any atom is 0.195 e. The van der Waals surface area contributed by atoms with E-state index in [9.17, 15) is 4.79 Å². The summed E-state index contributed by atoms with van der Waals surface area (Å²) in [6, 6.07) is 9.34. The van der Waals surface area contributed by atoms with E-state index in [0.29, 0.717) is 24.0 Å². The van der Waals surface area contributed by atoms with E-state index in [1.54, 1.807) is 18.2 Å². The zero-order valence-corrected chi connectivity index (χ0v) is 16.5. The fourth-order valence-electron chi connectivity index (χ4n) is 3.33. The number of ether oxygens (including phenoxy) is 3. The molecule has 0 saturated carbocycles. The fraction of sp³-hybridized carbons (Fsp3) is 0.318. The Morgan fingerprint density at radius 2 is 2.00 bits per heavy atom. The lowest BCUT2D eigenvalue weighted by atomic mass is 9.96. The SMILES string of the molecule is Cc1cc(OCC(=O)/C=C2\NCCc3cc4c(cc32)OCCCO4)ccc1Cl. The van der Waals surface area contributed by atoms with Crippen molar-refractivity contribution in [3.05, 3.63) is 58.1 Å². The van der Waals surface area contributed by atoms with Crippen molar-refractivity contribution in [1.82, 2.24) is 5.32 Å². The van der Waals surface area contributed by atoms with E-state index in [1.165, 1.54) is 0 Å². The van der Waals surface area contributed by atoms with Gasteiger partial charge >= 0.3 is 0 Å². The molecular formula is C22H22ClNO4. The van der Waals surface area contributed by atoms with Gasteiger partial charge in [-0.3, -0.25) is 4.79 Å². The van der Waals surface area contributed by atoms with Gasteiger partial charge in [0.05, 0.1) is 13.2 Å². The average molecular weight is 400 g/mol. The van der Waals surface area contributed by atoms with Crippen LogP contribution in [0.4, 0.5) is 0 Å². The van der Waals surface area contributed by atoms with Gasteiger partial charge in [0.25, 0.3) is 0 Å². The number of benzene rings is 2. The highest BCUT2D eigenvalue weighted by Gasteiger charge is 2.20. The van der Waals surface area contributed by atoms with Crippen LogP contribution in [0.15, 0.2) is 36.4 Å². The lowest BCUT2D eigenvalue weighted by molar-refractivity contribution is -0.116. The van der Waals surface area contributed by atoms with Crippen molar-refractivity contribution in [2.45, 2.75) is 19.8 Å². The molecule has 4 rings (SSSR count). The number of rotatable bonds is 4. The van der Waals surface area contributed by atoms with Crippen LogP contribution < -0.4 is 19.5 Å². The zero-order chi connectivity index (χ0) is 19.5. The van der Waals surface area contributed by atoms with Crippen LogP contribution in [0.1, 0.15) is 23.1 Å². The minimum atomic E-state index is -0.116. The summed E-state index contributed by atoms with van der Waals surface area (Å²) in [6.45, 7) is 3.92. The zero-order valence-electron chi connectivity index (χ0n) is 15.7. The first-order valence-electron chi connectivity index (χ1n) is 9.40. The lowest BCUT2D eigenvalue weighted by Gasteiger charge is -2.23. The largest absolute Gasteiger partial charge is 0.490 e. The van der Waals surface area contributed by atoms with Crippen LogP contribution in [0.2, 0.25) is 5.02 Å². The molecule has 0 radical (unpaired) electrons. The van der Waals surface area contributed by atoms with Crippen molar-refractivity contribution in [2.24, 2.45) is 0 Å².